The maximum absolute atomic E-state index is 12.6. The number of nitrogens with one attached hydrogen (secondary N) is 1. The highest BCUT2D eigenvalue weighted by atomic mass is 32.1. The third-order valence-corrected chi connectivity index (χ3v) is 5.08. The Morgan fingerprint density at radius 1 is 1.21 bits per heavy atom. The Kier molecular flexibility index (Phi) is 5.42. The molecule has 1 saturated heterocycles. The first kappa shape index (κ1) is 16.9. The molecule has 3 rings (SSSR count). The molecule has 128 valence electrons. The molecule has 1 atom stereocenters. The predicted octanol–water partition coefficient (Wildman–Crippen LogP) is 2.39. The van der Waals surface area contributed by atoms with Gasteiger partial charge >= 0.3 is 0 Å². The van der Waals surface area contributed by atoms with Crippen LogP contribution in [0.15, 0.2) is 30.3 Å². The van der Waals surface area contributed by atoms with E-state index in [-0.39, 0.29) is 11.9 Å². The number of carbonyl (C=O) groups excluding carboxylic acids is 1. The molecular formula is C17H23N5OS. The molecule has 1 aliphatic rings. The fourth-order valence-corrected chi connectivity index (χ4v) is 3.67. The predicted molar refractivity (Wildman–Crippen MR) is 97.6 cm³/mol. The van der Waals surface area contributed by atoms with Gasteiger partial charge in [0.15, 0.2) is 0 Å². The first-order valence-corrected chi connectivity index (χ1v) is 9.14. The number of rotatable bonds is 5. The summed E-state index contributed by atoms with van der Waals surface area (Å²) in [5, 5.41) is 12.3. The highest BCUT2D eigenvalue weighted by Gasteiger charge is 2.28. The second-order valence-corrected chi connectivity index (χ2v) is 7.08. The lowest BCUT2D eigenvalue weighted by atomic mass is 10.1. The van der Waals surface area contributed by atoms with Crippen molar-refractivity contribution in [2.75, 3.05) is 36.4 Å². The number of aryl methyl sites for hydroxylation is 1. The first-order valence-electron chi connectivity index (χ1n) is 8.32. The van der Waals surface area contributed by atoms with Gasteiger partial charge in [-0.25, -0.2) is 0 Å². The summed E-state index contributed by atoms with van der Waals surface area (Å²) in [4.78, 5) is 17.2. The van der Waals surface area contributed by atoms with E-state index in [1.807, 2.05) is 13.0 Å². The SMILES string of the molecule is CC[C@H](C(=O)Nc1nnc(C)s1)N1CCN(c2ccccc2)CC1. The number of carbonyl (C=O) groups is 1. The van der Waals surface area contributed by atoms with Crippen molar-refractivity contribution in [3.8, 4) is 0 Å². The Balaban J connectivity index is 1.58. The monoisotopic (exact) mass is 345 g/mol. The Hall–Kier alpha value is -1.99. The molecule has 1 N–H and O–H groups in total. The molecule has 0 aliphatic carbocycles. The van der Waals surface area contributed by atoms with E-state index in [0.29, 0.717) is 5.13 Å². The van der Waals surface area contributed by atoms with E-state index >= 15 is 0 Å². The topological polar surface area (TPSA) is 61.4 Å². The Bertz CT molecular complexity index is 667. The highest BCUT2D eigenvalue weighted by Crippen LogP contribution is 2.19. The maximum atomic E-state index is 12.6. The molecule has 1 aromatic heterocycles. The van der Waals surface area contributed by atoms with Gasteiger partial charge in [0.25, 0.3) is 0 Å². The molecule has 1 fully saturated rings. The van der Waals surface area contributed by atoms with Gasteiger partial charge in [-0.3, -0.25) is 15.0 Å². The molecular weight excluding hydrogens is 322 g/mol. The zero-order chi connectivity index (χ0) is 16.9. The highest BCUT2D eigenvalue weighted by molar-refractivity contribution is 7.15. The quantitative estimate of drug-likeness (QED) is 0.901. The van der Waals surface area contributed by atoms with Gasteiger partial charge in [-0.15, -0.1) is 10.2 Å². The fourth-order valence-electron chi connectivity index (χ4n) is 3.08. The molecule has 1 aromatic carbocycles. The van der Waals surface area contributed by atoms with E-state index in [4.69, 9.17) is 0 Å². The Morgan fingerprint density at radius 3 is 2.50 bits per heavy atom. The molecule has 0 radical (unpaired) electrons. The number of hydrogen-bond acceptors (Lipinski definition) is 6. The van der Waals surface area contributed by atoms with E-state index in [0.717, 1.165) is 37.6 Å². The van der Waals surface area contributed by atoms with Crippen LogP contribution in [0.4, 0.5) is 10.8 Å². The van der Waals surface area contributed by atoms with Gasteiger partial charge in [0, 0.05) is 31.9 Å². The molecule has 7 heteroatoms. The minimum Gasteiger partial charge on any atom is -0.369 e. The lowest BCUT2D eigenvalue weighted by Gasteiger charge is -2.39. The third kappa shape index (κ3) is 3.91. The van der Waals surface area contributed by atoms with Crippen LogP contribution in [0.1, 0.15) is 18.4 Å². The maximum Gasteiger partial charge on any atom is 0.243 e. The molecule has 1 amide bonds. The molecule has 0 bridgehead atoms. The molecule has 6 nitrogen and oxygen atoms in total. The molecule has 24 heavy (non-hydrogen) atoms. The second-order valence-electron chi connectivity index (χ2n) is 5.90. The van der Waals surface area contributed by atoms with Crippen LogP contribution < -0.4 is 10.2 Å². The normalized spacial score (nSPS) is 16.8. The van der Waals surface area contributed by atoms with Gasteiger partial charge in [0.2, 0.25) is 11.0 Å². The van der Waals surface area contributed by atoms with E-state index < -0.39 is 0 Å². The first-order chi connectivity index (χ1) is 11.7. The van der Waals surface area contributed by atoms with Crippen molar-refractivity contribution >= 4 is 28.1 Å². The minimum absolute atomic E-state index is 0.0156. The molecule has 2 aromatic rings. The lowest BCUT2D eigenvalue weighted by molar-refractivity contribution is -0.121. The Morgan fingerprint density at radius 2 is 1.92 bits per heavy atom. The summed E-state index contributed by atoms with van der Waals surface area (Å²) >= 11 is 1.41. The number of amides is 1. The van der Waals surface area contributed by atoms with Crippen molar-refractivity contribution in [2.24, 2.45) is 0 Å². The van der Waals surface area contributed by atoms with Crippen LogP contribution in [-0.4, -0.2) is 53.2 Å². The summed E-state index contributed by atoms with van der Waals surface area (Å²) in [6, 6.07) is 10.3. The number of aromatic nitrogens is 2. The van der Waals surface area contributed by atoms with Crippen LogP contribution in [-0.2, 0) is 4.79 Å². The number of benzene rings is 1. The number of para-hydroxylation sites is 1. The summed E-state index contributed by atoms with van der Waals surface area (Å²) in [6.45, 7) is 7.58. The van der Waals surface area contributed by atoms with Crippen molar-refractivity contribution in [1.29, 1.82) is 0 Å². The summed E-state index contributed by atoms with van der Waals surface area (Å²) in [5.74, 6) is 0.0156. The van der Waals surface area contributed by atoms with Crippen LogP contribution in [0.2, 0.25) is 0 Å². The molecule has 0 saturated carbocycles. The third-order valence-electron chi connectivity index (χ3n) is 4.32. The van der Waals surface area contributed by atoms with Crippen molar-refractivity contribution in [3.05, 3.63) is 35.3 Å². The zero-order valence-corrected chi connectivity index (χ0v) is 14.9. The van der Waals surface area contributed by atoms with Crippen molar-refractivity contribution in [2.45, 2.75) is 26.3 Å². The van der Waals surface area contributed by atoms with Gasteiger partial charge in [0.05, 0.1) is 6.04 Å². The van der Waals surface area contributed by atoms with Gasteiger partial charge in [-0.2, -0.15) is 0 Å². The number of anilines is 2. The van der Waals surface area contributed by atoms with Crippen molar-refractivity contribution in [1.82, 2.24) is 15.1 Å². The summed E-state index contributed by atoms with van der Waals surface area (Å²) in [5.41, 5.74) is 1.25. The Labute approximate surface area is 146 Å². The van der Waals surface area contributed by atoms with Crippen LogP contribution >= 0.6 is 11.3 Å². The van der Waals surface area contributed by atoms with Crippen LogP contribution in [0.5, 0.6) is 0 Å². The van der Waals surface area contributed by atoms with E-state index in [9.17, 15) is 4.79 Å². The average Bonchev–Trinajstić information content (AvgIpc) is 3.02. The van der Waals surface area contributed by atoms with Crippen molar-refractivity contribution in [3.63, 3.8) is 0 Å². The van der Waals surface area contributed by atoms with Gasteiger partial charge < -0.3 is 4.90 Å². The molecule has 2 heterocycles. The summed E-state index contributed by atoms with van der Waals surface area (Å²) in [6.07, 6.45) is 0.787. The number of piperazine rings is 1. The number of nitrogens with zero attached hydrogens (tertiary/aromatic N) is 4. The van der Waals surface area contributed by atoms with E-state index in [2.05, 4.69) is 56.5 Å². The number of hydrogen-bond donors (Lipinski definition) is 1. The second kappa shape index (κ2) is 7.72. The van der Waals surface area contributed by atoms with Crippen LogP contribution in [0.3, 0.4) is 0 Å². The lowest BCUT2D eigenvalue weighted by Crippen LogP contribution is -2.53. The molecule has 0 spiro atoms. The summed E-state index contributed by atoms with van der Waals surface area (Å²) in [7, 11) is 0. The summed E-state index contributed by atoms with van der Waals surface area (Å²) < 4.78 is 0. The van der Waals surface area contributed by atoms with Gasteiger partial charge in [-0.05, 0) is 25.5 Å². The van der Waals surface area contributed by atoms with E-state index in [1.54, 1.807) is 0 Å². The van der Waals surface area contributed by atoms with Crippen LogP contribution in [0.25, 0.3) is 0 Å². The largest absolute Gasteiger partial charge is 0.369 e. The smallest absolute Gasteiger partial charge is 0.243 e. The van der Waals surface area contributed by atoms with Crippen molar-refractivity contribution < 1.29 is 4.79 Å². The fraction of sp³-hybridized carbons (Fsp3) is 0.471. The molecule has 0 unspecified atom stereocenters. The van der Waals surface area contributed by atoms with E-state index in [1.165, 1.54) is 17.0 Å². The van der Waals surface area contributed by atoms with Gasteiger partial charge in [0.1, 0.15) is 5.01 Å². The zero-order valence-electron chi connectivity index (χ0n) is 14.1. The minimum atomic E-state index is -0.118. The van der Waals surface area contributed by atoms with Gasteiger partial charge in [-0.1, -0.05) is 36.5 Å². The molecule has 1 aliphatic heterocycles. The van der Waals surface area contributed by atoms with Crippen LogP contribution in [0, 0.1) is 6.92 Å². The standard InChI is InChI=1S/C17H23N5OS/c1-3-15(16(23)18-17-20-19-13(2)24-17)22-11-9-21(10-12-22)14-7-5-4-6-8-14/h4-8,15H,3,9-12H2,1-2H3,(H,18,20,23)/t15-/m1/s1. The average molecular weight is 345 g/mol.